The second-order valence-electron chi connectivity index (χ2n) is 5.09. The largest absolute Gasteiger partial charge is 0.381 e. The normalized spacial score (nSPS) is 35.4. The summed E-state index contributed by atoms with van der Waals surface area (Å²) < 4.78 is 11.3. The van der Waals surface area contributed by atoms with Crippen LogP contribution in [0, 0.1) is 5.92 Å². The molecule has 3 nitrogen and oxygen atoms in total. The molecule has 1 atom stereocenters. The predicted octanol–water partition coefficient (Wildman–Crippen LogP) is 1.96. The standard InChI is InChI=1S/C13H25NO2/c1-2-14-12-3-5-13(6-4-12)16-10-11-7-8-15-9-11/h11-14H,2-10H2,1H3. The van der Waals surface area contributed by atoms with E-state index in [1.807, 2.05) is 0 Å². The Kier molecular flexibility index (Phi) is 5.07. The van der Waals surface area contributed by atoms with E-state index in [2.05, 4.69) is 12.2 Å². The van der Waals surface area contributed by atoms with E-state index in [1.54, 1.807) is 0 Å². The average Bonchev–Trinajstić information content (AvgIpc) is 2.82. The summed E-state index contributed by atoms with van der Waals surface area (Å²) in [7, 11) is 0. The maximum Gasteiger partial charge on any atom is 0.0576 e. The number of nitrogens with one attached hydrogen (secondary N) is 1. The van der Waals surface area contributed by atoms with Crippen LogP contribution in [0.1, 0.15) is 39.0 Å². The van der Waals surface area contributed by atoms with Crippen LogP contribution in [0.4, 0.5) is 0 Å². The second kappa shape index (κ2) is 6.58. The van der Waals surface area contributed by atoms with Crippen LogP contribution in [0.3, 0.4) is 0 Å². The van der Waals surface area contributed by atoms with Gasteiger partial charge in [-0.05, 0) is 38.6 Å². The molecule has 1 heterocycles. The first-order chi connectivity index (χ1) is 7.88. The summed E-state index contributed by atoms with van der Waals surface area (Å²) in [6.45, 7) is 6.03. The van der Waals surface area contributed by atoms with E-state index >= 15 is 0 Å². The molecule has 2 rings (SSSR count). The Balaban J connectivity index is 1.57. The average molecular weight is 227 g/mol. The lowest BCUT2D eigenvalue weighted by Gasteiger charge is -2.29. The van der Waals surface area contributed by atoms with E-state index in [0.717, 1.165) is 32.4 Å². The number of rotatable bonds is 5. The molecule has 0 bridgehead atoms. The number of hydrogen-bond acceptors (Lipinski definition) is 3. The predicted molar refractivity (Wildman–Crippen MR) is 64.6 cm³/mol. The highest BCUT2D eigenvalue weighted by molar-refractivity contribution is 4.77. The molecular weight excluding hydrogens is 202 g/mol. The molecule has 2 fully saturated rings. The van der Waals surface area contributed by atoms with Crippen LogP contribution < -0.4 is 5.32 Å². The zero-order valence-electron chi connectivity index (χ0n) is 10.4. The van der Waals surface area contributed by atoms with Crippen LogP contribution in [0.5, 0.6) is 0 Å². The molecule has 3 heteroatoms. The van der Waals surface area contributed by atoms with Gasteiger partial charge in [-0.2, -0.15) is 0 Å². The lowest BCUT2D eigenvalue weighted by atomic mass is 9.93. The van der Waals surface area contributed by atoms with Crippen LogP contribution >= 0.6 is 0 Å². The molecule has 0 spiro atoms. The lowest BCUT2D eigenvalue weighted by molar-refractivity contribution is 0.00148. The summed E-state index contributed by atoms with van der Waals surface area (Å²) >= 11 is 0. The van der Waals surface area contributed by atoms with Crippen molar-refractivity contribution in [2.24, 2.45) is 5.92 Å². The molecule has 2 aliphatic rings. The van der Waals surface area contributed by atoms with Crippen LogP contribution in [0.15, 0.2) is 0 Å². The van der Waals surface area contributed by atoms with Gasteiger partial charge in [0.05, 0.1) is 19.3 Å². The Labute approximate surface area is 98.9 Å². The molecule has 16 heavy (non-hydrogen) atoms. The summed E-state index contributed by atoms with van der Waals surface area (Å²) in [6, 6.07) is 0.736. The maximum absolute atomic E-state index is 5.99. The molecule has 0 amide bonds. The molecular formula is C13H25NO2. The van der Waals surface area contributed by atoms with Gasteiger partial charge >= 0.3 is 0 Å². The molecule has 0 aromatic carbocycles. The van der Waals surface area contributed by atoms with Crippen LogP contribution in [-0.4, -0.2) is 38.5 Å². The SMILES string of the molecule is CCNC1CCC(OCC2CCOC2)CC1. The van der Waals surface area contributed by atoms with E-state index in [4.69, 9.17) is 9.47 Å². The van der Waals surface area contributed by atoms with Crippen molar-refractivity contribution in [3.63, 3.8) is 0 Å². The molecule has 1 saturated carbocycles. The van der Waals surface area contributed by atoms with Crippen LogP contribution in [0.2, 0.25) is 0 Å². The van der Waals surface area contributed by atoms with E-state index in [9.17, 15) is 0 Å². The van der Waals surface area contributed by atoms with E-state index < -0.39 is 0 Å². The van der Waals surface area contributed by atoms with Crippen molar-refractivity contribution in [3.05, 3.63) is 0 Å². The van der Waals surface area contributed by atoms with Gasteiger partial charge in [0.1, 0.15) is 0 Å². The monoisotopic (exact) mass is 227 g/mol. The zero-order chi connectivity index (χ0) is 11.2. The van der Waals surface area contributed by atoms with Crippen molar-refractivity contribution >= 4 is 0 Å². The fourth-order valence-corrected chi connectivity index (χ4v) is 2.71. The molecule has 0 aromatic heterocycles. The Bertz CT molecular complexity index is 184. The maximum atomic E-state index is 5.99. The van der Waals surface area contributed by atoms with Gasteiger partial charge in [-0.15, -0.1) is 0 Å². The molecule has 1 aliphatic heterocycles. The zero-order valence-corrected chi connectivity index (χ0v) is 10.4. The summed E-state index contributed by atoms with van der Waals surface area (Å²) in [5.41, 5.74) is 0. The second-order valence-corrected chi connectivity index (χ2v) is 5.09. The Morgan fingerprint density at radius 3 is 2.62 bits per heavy atom. The molecule has 0 aromatic rings. The first kappa shape index (κ1) is 12.3. The van der Waals surface area contributed by atoms with Crippen molar-refractivity contribution < 1.29 is 9.47 Å². The number of ether oxygens (including phenoxy) is 2. The first-order valence-electron chi connectivity index (χ1n) is 6.81. The van der Waals surface area contributed by atoms with Gasteiger partial charge in [-0.25, -0.2) is 0 Å². The van der Waals surface area contributed by atoms with E-state index in [0.29, 0.717) is 12.0 Å². The highest BCUT2D eigenvalue weighted by atomic mass is 16.5. The van der Waals surface area contributed by atoms with Crippen molar-refractivity contribution in [1.29, 1.82) is 0 Å². The van der Waals surface area contributed by atoms with Crippen molar-refractivity contribution in [3.8, 4) is 0 Å². The third kappa shape index (κ3) is 3.72. The third-order valence-corrected chi connectivity index (χ3v) is 3.76. The molecule has 94 valence electrons. The summed E-state index contributed by atoms with van der Waals surface area (Å²) in [6.07, 6.45) is 6.71. The minimum atomic E-state index is 0.510. The Hall–Kier alpha value is -0.120. The van der Waals surface area contributed by atoms with Crippen LogP contribution in [0.25, 0.3) is 0 Å². The molecule has 1 aliphatic carbocycles. The van der Waals surface area contributed by atoms with Gasteiger partial charge < -0.3 is 14.8 Å². The van der Waals surface area contributed by atoms with Crippen LogP contribution in [-0.2, 0) is 9.47 Å². The smallest absolute Gasteiger partial charge is 0.0576 e. The van der Waals surface area contributed by atoms with Gasteiger partial charge in [0.15, 0.2) is 0 Å². The molecule has 1 unspecified atom stereocenters. The minimum absolute atomic E-state index is 0.510. The Morgan fingerprint density at radius 2 is 2.00 bits per heavy atom. The summed E-state index contributed by atoms with van der Waals surface area (Å²) in [5, 5.41) is 3.53. The lowest BCUT2D eigenvalue weighted by Crippen LogP contribution is -2.35. The molecule has 0 radical (unpaired) electrons. The molecule has 1 N–H and O–H groups in total. The summed E-state index contributed by atoms with van der Waals surface area (Å²) in [4.78, 5) is 0. The van der Waals surface area contributed by atoms with E-state index in [1.165, 1.54) is 32.1 Å². The van der Waals surface area contributed by atoms with Crippen molar-refractivity contribution in [2.45, 2.75) is 51.2 Å². The highest BCUT2D eigenvalue weighted by Gasteiger charge is 2.23. The van der Waals surface area contributed by atoms with Gasteiger partial charge in [0.25, 0.3) is 0 Å². The van der Waals surface area contributed by atoms with Gasteiger partial charge in [0.2, 0.25) is 0 Å². The Morgan fingerprint density at radius 1 is 1.19 bits per heavy atom. The first-order valence-corrected chi connectivity index (χ1v) is 6.81. The molecule has 1 saturated heterocycles. The van der Waals surface area contributed by atoms with E-state index in [-0.39, 0.29) is 0 Å². The fraction of sp³-hybridized carbons (Fsp3) is 1.00. The van der Waals surface area contributed by atoms with Gasteiger partial charge in [-0.3, -0.25) is 0 Å². The van der Waals surface area contributed by atoms with Crippen molar-refractivity contribution in [1.82, 2.24) is 5.32 Å². The van der Waals surface area contributed by atoms with Crippen molar-refractivity contribution in [2.75, 3.05) is 26.4 Å². The number of hydrogen-bond donors (Lipinski definition) is 1. The third-order valence-electron chi connectivity index (χ3n) is 3.76. The fourth-order valence-electron chi connectivity index (χ4n) is 2.71. The van der Waals surface area contributed by atoms with Gasteiger partial charge in [-0.1, -0.05) is 6.92 Å². The highest BCUT2D eigenvalue weighted by Crippen LogP contribution is 2.23. The quantitative estimate of drug-likeness (QED) is 0.779. The topological polar surface area (TPSA) is 30.5 Å². The van der Waals surface area contributed by atoms with Gasteiger partial charge in [0, 0.05) is 18.6 Å². The minimum Gasteiger partial charge on any atom is -0.381 e. The summed E-state index contributed by atoms with van der Waals surface area (Å²) in [5.74, 6) is 0.659.